The second-order valence-corrected chi connectivity index (χ2v) is 14.8. The van der Waals surface area contributed by atoms with E-state index in [-0.39, 0.29) is 6.71 Å². The molecule has 2 aliphatic heterocycles. The molecule has 7 aromatic rings. The van der Waals surface area contributed by atoms with Gasteiger partial charge in [0.25, 0.3) is 6.71 Å². The number of aryl methyl sites for hydroxylation is 6. The molecule has 0 saturated carbocycles. The molecule has 0 radical (unpaired) electrons. The van der Waals surface area contributed by atoms with Crippen LogP contribution < -0.4 is 31.1 Å². The first kappa shape index (κ1) is 31.9. The number of anilines is 9. The van der Waals surface area contributed by atoms with E-state index in [9.17, 15) is 0 Å². The van der Waals surface area contributed by atoms with Crippen molar-refractivity contribution in [2.45, 2.75) is 41.5 Å². The molecular formula is C48H42BN3. The van der Waals surface area contributed by atoms with Gasteiger partial charge in [-0.3, -0.25) is 0 Å². The Kier molecular flexibility index (Phi) is 7.59. The van der Waals surface area contributed by atoms with Gasteiger partial charge in [-0.1, -0.05) is 106 Å². The van der Waals surface area contributed by atoms with E-state index in [0.717, 1.165) is 28.4 Å². The SMILES string of the molecule is Cc1ccc(N(c2ccc(C)cc2)c2cc3c4c(c2)N(c2ccc(C)cc2)c2ccc(C)cc2B4c2cc(C)ccc2N3c2ccc(C)cc2)cc1. The summed E-state index contributed by atoms with van der Waals surface area (Å²) in [4.78, 5) is 7.42. The van der Waals surface area contributed by atoms with Crippen LogP contribution in [0, 0.1) is 41.5 Å². The van der Waals surface area contributed by atoms with Gasteiger partial charge in [0.05, 0.1) is 5.69 Å². The summed E-state index contributed by atoms with van der Waals surface area (Å²) in [6.45, 7) is 13.1. The predicted molar refractivity (Wildman–Crippen MR) is 224 cm³/mol. The van der Waals surface area contributed by atoms with E-state index in [2.05, 4.69) is 202 Å². The van der Waals surface area contributed by atoms with Gasteiger partial charge in [0, 0.05) is 45.5 Å². The van der Waals surface area contributed by atoms with Crippen molar-refractivity contribution in [2.75, 3.05) is 14.7 Å². The van der Waals surface area contributed by atoms with Gasteiger partial charge in [-0.05, 0) is 131 Å². The first-order valence-electron chi connectivity index (χ1n) is 18.3. The number of benzene rings is 7. The van der Waals surface area contributed by atoms with Crippen LogP contribution >= 0.6 is 0 Å². The van der Waals surface area contributed by atoms with Crippen molar-refractivity contribution in [2.24, 2.45) is 0 Å². The summed E-state index contributed by atoms with van der Waals surface area (Å²) in [7, 11) is 0. The molecule has 0 atom stereocenters. The van der Waals surface area contributed by atoms with Crippen molar-refractivity contribution in [3.63, 3.8) is 0 Å². The minimum absolute atomic E-state index is 0.0689. The molecule has 0 fully saturated rings. The Hall–Kier alpha value is -6.00. The van der Waals surface area contributed by atoms with Crippen molar-refractivity contribution >= 4 is 74.3 Å². The highest BCUT2D eigenvalue weighted by Gasteiger charge is 2.44. The van der Waals surface area contributed by atoms with Gasteiger partial charge >= 0.3 is 0 Å². The maximum atomic E-state index is 2.50. The lowest BCUT2D eigenvalue weighted by atomic mass is 9.33. The van der Waals surface area contributed by atoms with Crippen molar-refractivity contribution in [1.82, 2.24) is 0 Å². The fourth-order valence-electron chi connectivity index (χ4n) is 8.14. The maximum absolute atomic E-state index is 2.50. The number of fused-ring (bicyclic) bond motifs is 4. The van der Waals surface area contributed by atoms with Crippen LogP contribution in [0.15, 0.2) is 146 Å². The molecule has 252 valence electrons. The van der Waals surface area contributed by atoms with Crippen LogP contribution in [0.25, 0.3) is 0 Å². The number of nitrogens with zero attached hydrogens (tertiary/aromatic N) is 3. The molecule has 3 nitrogen and oxygen atoms in total. The molecule has 0 aliphatic carbocycles. The van der Waals surface area contributed by atoms with E-state index >= 15 is 0 Å². The smallest absolute Gasteiger partial charge is 0.252 e. The highest BCUT2D eigenvalue weighted by Crippen LogP contribution is 2.48. The van der Waals surface area contributed by atoms with Crippen molar-refractivity contribution < 1.29 is 0 Å². The fraction of sp³-hybridized carbons (Fsp3) is 0.125. The van der Waals surface area contributed by atoms with E-state index < -0.39 is 0 Å². The molecule has 4 heteroatoms. The average Bonchev–Trinajstić information content (AvgIpc) is 3.14. The molecule has 2 heterocycles. The van der Waals surface area contributed by atoms with E-state index in [1.54, 1.807) is 0 Å². The molecule has 0 saturated heterocycles. The van der Waals surface area contributed by atoms with Gasteiger partial charge in [-0.2, -0.15) is 0 Å². The summed E-state index contributed by atoms with van der Waals surface area (Å²) >= 11 is 0. The largest absolute Gasteiger partial charge is 0.311 e. The van der Waals surface area contributed by atoms with Crippen LogP contribution in [0.3, 0.4) is 0 Å². The van der Waals surface area contributed by atoms with Crippen molar-refractivity contribution in [3.8, 4) is 0 Å². The van der Waals surface area contributed by atoms with Crippen LogP contribution in [-0.2, 0) is 0 Å². The van der Waals surface area contributed by atoms with E-state index in [4.69, 9.17) is 0 Å². The number of hydrogen-bond acceptors (Lipinski definition) is 3. The fourth-order valence-corrected chi connectivity index (χ4v) is 8.14. The third-order valence-electron chi connectivity index (χ3n) is 10.8. The Bertz CT molecular complexity index is 2300. The summed E-state index contributed by atoms with van der Waals surface area (Å²) in [6, 6.07) is 54.7. The van der Waals surface area contributed by atoms with Crippen LogP contribution in [0.1, 0.15) is 33.4 Å². The highest BCUT2D eigenvalue weighted by molar-refractivity contribution is 7.00. The first-order chi connectivity index (χ1) is 25.2. The molecule has 0 spiro atoms. The highest BCUT2D eigenvalue weighted by atomic mass is 15.2. The number of rotatable bonds is 5. The summed E-state index contributed by atoms with van der Waals surface area (Å²) in [5.41, 5.74) is 22.0. The standard InChI is InChI=1S/C48H42BN3/c1-31-7-17-37(18-8-31)50(38-19-9-32(2)10-20-38)41-29-46-48-47(30-41)52(40-23-13-34(4)14-24-40)45-26-16-36(6)28-43(45)49(48)42-27-35(5)15-25-44(42)51(46)39-21-11-33(3)12-22-39/h7-30H,1-6H3. The van der Waals surface area contributed by atoms with E-state index in [0.29, 0.717) is 0 Å². The summed E-state index contributed by atoms with van der Waals surface area (Å²) in [5, 5.41) is 0. The molecule has 0 amide bonds. The summed E-state index contributed by atoms with van der Waals surface area (Å²) < 4.78 is 0. The minimum Gasteiger partial charge on any atom is -0.311 e. The molecule has 52 heavy (non-hydrogen) atoms. The molecule has 0 N–H and O–H groups in total. The third-order valence-corrected chi connectivity index (χ3v) is 10.8. The van der Waals surface area contributed by atoms with Gasteiger partial charge in [0.2, 0.25) is 0 Å². The van der Waals surface area contributed by atoms with Gasteiger partial charge in [-0.15, -0.1) is 0 Å². The quantitative estimate of drug-likeness (QED) is 0.169. The molecule has 7 aromatic carbocycles. The minimum atomic E-state index is 0.0689. The first-order valence-corrected chi connectivity index (χ1v) is 18.3. The monoisotopic (exact) mass is 671 g/mol. The van der Waals surface area contributed by atoms with Crippen LogP contribution in [0.4, 0.5) is 51.2 Å². The maximum Gasteiger partial charge on any atom is 0.252 e. The Labute approximate surface area is 308 Å². The van der Waals surface area contributed by atoms with Gasteiger partial charge in [0.15, 0.2) is 0 Å². The topological polar surface area (TPSA) is 9.72 Å². The summed E-state index contributed by atoms with van der Waals surface area (Å²) in [5.74, 6) is 0. The Morgan fingerprint density at radius 3 is 1.08 bits per heavy atom. The zero-order chi connectivity index (χ0) is 35.7. The Balaban J connectivity index is 1.41. The molecule has 0 aromatic heterocycles. The Morgan fingerprint density at radius 2 is 0.692 bits per heavy atom. The molecule has 2 aliphatic rings. The molecule has 0 bridgehead atoms. The van der Waals surface area contributed by atoms with Crippen LogP contribution in [-0.4, -0.2) is 6.71 Å². The van der Waals surface area contributed by atoms with Gasteiger partial charge in [0.1, 0.15) is 0 Å². The zero-order valence-electron chi connectivity index (χ0n) is 30.8. The lowest BCUT2D eigenvalue weighted by Crippen LogP contribution is -2.61. The molecular weight excluding hydrogens is 629 g/mol. The zero-order valence-corrected chi connectivity index (χ0v) is 30.8. The van der Waals surface area contributed by atoms with Crippen molar-refractivity contribution in [3.05, 3.63) is 179 Å². The Morgan fingerprint density at radius 1 is 0.346 bits per heavy atom. The van der Waals surface area contributed by atoms with Crippen molar-refractivity contribution in [1.29, 1.82) is 0 Å². The average molecular weight is 672 g/mol. The molecule has 9 rings (SSSR count). The normalized spacial score (nSPS) is 12.7. The van der Waals surface area contributed by atoms with Gasteiger partial charge in [-0.25, -0.2) is 0 Å². The molecule has 0 unspecified atom stereocenters. The third kappa shape index (κ3) is 5.29. The lowest BCUT2D eigenvalue weighted by molar-refractivity contribution is 1.22. The second kappa shape index (κ2) is 12.3. The van der Waals surface area contributed by atoms with Crippen LogP contribution in [0.5, 0.6) is 0 Å². The van der Waals surface area contributed by atoms with E-state index in [1.807, 2.05) is 0 Å². The van der Waals surface area contributed by atoms with Gasteiger partial charge < -0.3 is 14.7 Å². The predicted octanol–water partition coefficient (Wildman–Crippen LogP) is 11.1. The second-order valence-electron chi connectivity index (χ2n) is 14.8. The lowest BCUT2D eigenvalue weighted by Gasteiger charge is -2.45. The summed E-state index contributed by atoms with van der Waals surface area (Å²) in [6.07, 6.45) is 0. The number of hydrogen-bond donors (Lipinski definition) is 0. The van der Waals surface area contributed by atoms with E-state index in [1.165, 1.54) is 72.5 Å². The van der Waals surface area contributed by atoms with Crippen LogP contribution in [0.2, 0.25) is 0 Å².